The van der Waals surface area contributed by atoms with E-state index in [-0.39, 0.29) is 17.9 Å². The predicted octanol–water partition coefficient (Wildman–Crippen LogP) is 2.18. The molecule has 22 heavy (non-hydrogen) atoms. The van der Waals surface area contributed by atoms with Gasteiger partial charge in [0, 0.05) is 24.2 Å². The maximum atomic E-state index is 12.9. The van der Waals surface area contributed by atoms with Crippen molar-refractivity contribution in [2.24, 2.45) is 0 Å². The predicted molar refractivity (Wildman–Crippen MR) is 83.2 cm³/mol. The van der Waals surface area contributed by atoms with Gasteiger partial charge in [-0.25, -0.2) is 0 Å². The molecule has 0 bridgehead atoms. The number of rotatable bonds is 2. The lowest BCUT2D eigenvalue weighted by molar-refractivity contribution is -0.141. The normalized spacial score (nSPS) is 24.4. The standard InChI is InChI=1S/C16H19ClN2O3/c1-10-15(20)18-7-3-4-12(18)9-19(10)16(21)13-8-11(17)5-6-14(13)22-2/h5-6,8,10,12H,3-4,7,9H2,1-2H3/t10-,12-/m0/s1. The van der Waals surface area contributed by atoms with Crippen LogP contribution >= 0.6 is 11.6 Å². The zero-order chi connectivity index (χ0) is 15.9. The fraction of sp³-hybridized carbons (Fsp3) is 0.500. The van der Waals surface area contributed by atoms with Gasteiger partial charge in [-0.2, -0.15) is 0 Å². The molecule has 1 aromatic carbocycles. The molecule has 2 fully saturated rings. The van der Waals surface area contributed by atoms with Gasteiger partial charge in [-0.15, -0.1) is 0 Å². The summed E-state index contributed by atoms with van der Waals surface area (Å²) in [6.45, 7) is 3.16. The van der Waals surface area contributed by atoms with Crippen molar-refractivity contribution in [1.29, 1.82) is 0 Å². The fourth-order valence-electron chi connectivity index (χ4n) is 3.33. The summed E-state index contributed by atoms with van der Waals surface area (Å²) >= 11 is 6.01. The second-order valence-electron chi connectivity index (χ2n) is 5.81. The highest BCUT2D eigenvalue weighted by Gasteiger charge is 2.42. The number of piperazine rings is 1. The molecule has 2 aliphatic rings. The molecule has 5 nitrogen and oxygen atoms in total. The third kappa shape index (κ3) is 2.43. The van der Waals surface area contributed by atoms with Crippen molar-refractivity contribution in [2.75, 3.05) is 20.2 Å². The average molecular weight is 323 g/mol. The number of carbonyl (C=O) groups is 2. The van der Waals surface area contributed by atoms with Crippen molar-refractivity contribution in [3.05, 3.63) is 28.8 Å². The summed E-state index contributed by atoms with van der Waals surface area (Å²) in [6, 6.07) is 4.64. The lowest BCUT2D eigenvalue weighted by atomic mass is 10.0. The SMILES string of the molecule is COc1ccc(Cl)cc1C(=O)N1C[C@@H]2CCCN2C(=O)[C@@H]1C. The second-order valence-corrected chi connectivity index (χ2v) is 6.24. The van der Waals surface area contributed by atoms with Gasteiger partial charge >= 0.3 is 0 Å². The molecule has 2 aliphatic heterocycles. The minimum Gasteiger partial charge on any atom is -0.496 e. The Kier molecular flexibility index (Phi) is 4.00. The summed E-state index contributed by atoms with van der Waals surface area (Å²) < 4.78 is 5.26. The molecular weight excluding hydrogens is 304 g/mol. The minimum absolute atomic E-state index is 0.0306. The van der Waals surface area contributed by atoms with E-state index in [1.807, 2.05) is 4.90 Å². The molecule has 0 unspecified atom stereocenters. The van der Waals surface area contributed by atoms with Crippen LogP contribution < -0.4 is 4.74 Å². The topological polar surface area (TPSA) is 49.9 Å². The molecule has 3 rings (SSSR count). The molecule has 0 aliphatic carbocycles. The number of hydrogen-bond donors (Lipinski definition) is 0. The van der Waals surface area contributed by atoms with Crippen LogP contribution in [0, 0.1) is 0 Å². The Bertz CT molecular complexity index is 619. The molecule has 2 amide bonds. The average Bonchev–Trinajstić information content (AvgIpc) is 2.98. The highest BCUT2D eigenvalue weighted by atomic mass is 35.5. The second kappa shape index (κ2) is 5.80. The van der Waals surface area contributed by atoms with Crippen molar-refractivity contribution in [1.82, 2.24) is 9.80 Å². The Labute approximate surface area is 134 Å². The van der Waals surface area contributed by atoms with E-state index in [2.05, 4.69) is 0 Å². The summed E-state index contributed by atoms with van der Waals surface area (Å²) in [7, 11) is 1.52. The van der Waals surface area contributed by atoms with E-state index in [1.165, 1.54) is 7.11 Å². The summed E-state index contributed by atoms with van der Waals surface area (Å²) in [4.78, 5) is 28.9. The van der Waals surface area contributed by atoms with E-state index in [1.54, 1.807) is 30.0 Å². The number of benzene rings is 1. The van der Waals surface area contributed by atoms with Crippen molar-refractivity contribution in [3.8, 4) is 5.75 Å². The van der Waals surface area contributed by atoms with E-state index in [0.29, 0.717) is 22.9 Å². The number of ether oxygens (including phenoxy) is 1. The van der Waals surface area contributed by atoms with Gasteiger partial charge in [0.05, 0.1) is 12.7 Å². The van der Waals surface area contributed by atoms with Crippen LogP contribution in [0.5, 0.6) is 5.75 Å². The lowest BCUT2D eigenvalue weighted by Crippen LogP contribution is -2.60. The molecule has 0 spiro atoms. The van der Waals surface area contributed by atoms with E-state index in [4.69, 9.17) is 16.3 Å². The maximum absolute atomic E-state index is 12.9. The van der Waals surface area contributed by atoms with Gasteiger partial charge in [0.2, 0.25) is 5.91 Å². The van der Waals surface area contributed by atoms with Gasteiger partial charge < -0.3 is 14.5 Å². The Hall–Kier alpha value is -1.75. The van der Waals surface area contributed by atoms with E-state index < -0.39 is 6.04 Å². The molecule has 118 valence electrons. The maximum Gasteiger partial charge on any atom is 0.258 e. The van der Waals surface area contributed by atoms with Gasteiger partial charge in [0.15, 0.2) is 0 Å². The first-order valence-corrected chi connectivity index (χ1v) is 7.85. The number of carbonyl (C=O) groups excluding carboxylic acids is 2. The van der Waals surface area contributed by atoms with Gasteiger partial charge in [-0.05, 0) is 38.0 Å². The highest BCUT2D eigenvalue weighted by Crippen LogP contribution is 2.29. The first kappa shape index (κ1) is 15.2. The van der Waals surface area contributed by atoms with Crippen LogP contribution in [-0.2, 0) is 4.79 Å². The van der Waals surface area contributed by atoms with Crippen LogP contribution in [0.1, 0.15) is 30.1 Å². The molecule has 2 atom stereocenters. The smallest absolute Gasteiger partial charge is 0.258 e. The van der Waals surface area contributed by atoms with Gasteiger partial charge in [-0.1, -0.05) is 11.6 Å². The molecule has 1 aromatic rings. The van der Waals surface area contributed by atoms with Crippen LogP contribution in [0.25, 0.3) is 0 Å². The minimum atomic E-state index is -0.453. The summed E-state index contributed by atoms with van der Waals surface area (Å²) in [5, 5.41) is 0.475. The van der Waals surface area contributed by atoms with E-state index in [9.17, 15) is 9.59 Å². The van der Waals surface area contributed by atoms with Crippen molar-refractivity contribution >= 4 is 23.4 Å². The number of halogens is 1. The number of hydrogen-bond acceptors (Lipinski definition) is 3. The number of fused-ring (bicyclic) bond motifs is 1. The molecule has 0 N–H and O–H groups in total. The Morgan fingerprint density at radius 3 is 2.91 bits per heavy atom. The van der Waals surface area contributed by atoms with Crippen molar-refractivity contribution < 1.29 is 14.3 Å². The van der Waals surface area contributed by atoms with Crippen molar-refractivity contribution in [2.45, 2.75) is 31.8 Å². The monoisotopic (exact) mass is 322 g/mol. The van der Waals surface area contributed by atoms with E-state index >= 15 is 0 Å². The van der Waals surface area contributed by atoms with E-state index in [0.717, 1.165) is 19.4 Å². The zero-order valence-electron chi connectivity index (χ0n) is 12.7. The first-order valence-electron chi connectivity index (χ1n) is 7.48. The molecule has 2 heterocycles. The number of nitrogens with zero attached hydrogens (tertiary/aromatic N) is 2. The number of methoxy groups -OCH3 is 1. The Balaban J connectivity index is 1.91. The third-order valence-electron chi connectivity index (χ3n) is 4.55. The van der Waals surface area contributed by atoms with Crippen LogP contribution in [-0.4, -0.2) is 53.9 Å². The zero-order valence-corrected chi connectivity index (χ0v) is 13.5. The first-order chi connectivity index (χ1) is 10.5. The summed E-state index contributed by atoms with van der Waals surface area (Å²) in [6.07, 6.45) is 1.96. The highest BCUT2D eigenvalue weighted by molar-refractivity contribution is 6.31. The fourth-order valence-corrected chi connectivity index (χ4v) is 3.51. The quantitative estimate of drug-likeness (QED) is 0.838. The summed E-state index contributed by atoms with van der Waals surface area (Å²) in [5.41, 5.74) is 0.404. The molecule has 0 aromatic heterocycles. The van der Waals surface area contributed by atoms with Gasteiger partial charge in [0.1, 0.15) is 11.8 Å². The molecule has 0 saturated carbocycles. The molecule has 6 heteroatoms. The van der Waals surface area contributed by atoms with Gasteiger partial charge in [0.25, 0.3) is 5.91 Å². The Morgan fingerprint density at radius 1 is 1.41 bits per heavy atom. The lowest BCUT2D eigenvalue weighted by Gasteiger charge is -2.41. The van der Waals surface area contributed by atoms with Crippen LogP contribution in [0.2, 0.25) is 5.02 Å². The van der Waals surface area contributed by atoms with Crippen LogP contribution in [0.4, 0.5) is 0 Å². The number of amides is 2. The van der Waals surface area contributed by atoms with Crippen molar-refractivity contribution in [3.63, 3.8) is 0 Å². The third-order valence-corrected chi connectivity index (χ3v) is 4.78. The largest absolute Gasteiger partial charge is 0.496 e. The van der Waals surface area contributed by atoms with Gasteiger partial charge in [-0.3, -0.25) is 9.59 Å². The summed E-state index contributed by atoms with van der Waals surface area (Å²) in [5.74, 6) is 0.303. The van der Waals surface area contributed by atoms with Crippen LogP contribution in [0.3, 0.4) is 0 Å². The molecule has 0 radical (unpaired) electrons. The molecular formula is C16H19ClN2O3. The molecule has 2 saturated heterocycles. The van der Waals surface area contributed by atoms with Crippen LogP contribution in [0.15, 0.2) is 18.2 Å². The Morgan fingerprint density at radius 2 is 2.18 bits per heavy atom.